The smallest absolute Gasteiger partial charge is 0.289 e. The maximum Gasteiger partial charge on any atom is 0.289 e. The van der Waals surface area contributed by atoms with E-state index in [1.165, 1.54) is 6.26 Å². The Bertz CT molecular complexity index is 502. The highest BCUT2D eigenvalue weighted by Gasteiger charge is 2.42. The second-order valence-corrected chi connectivity index (χ2v) is 6.35. The van der Waals surface area contributed by atoms with E-state index in [1.807, 2.05) is 4.90 Å². The van der Waals surface area contributed by atoms with Crippen LogP contribution in [0.1, 0.15) is 24.4 Å². The van der Waals surface area contributed by atoms with Crippen LogP contribution in [0.2, 0.25) is 0 Å². The Balaban J connectivity index is 1.74. The molecule has 2 aliphatic rings. The Morgan fingerprint density at radius 3 is 2.86 bits per heavy atom. The molecule has 1 aromatic rings. The molecule has 0 unspecified atom stereocenters. The second kappa shape index (κ2) is 6.40. The molecule has 0 aromatic carbocycles. The summed E-state index contributed by atoms with van der Waals surface area (Å²) < 4.78 is 17.1. The van der Waals surface area contributed by atoms with Gasteiger partial charge in [0.05, 0.1) is 32.6 Å². The lowest BCUT2D eigenvalue weighted by atomic mass is 10.0. The molecule has 2 aliphatic heterocycles. The third-order valence-electron chi connectivity index (χ3n) is 4.38. The minimum absolute atomic E-state index is 0.0759. The lowest BCUT2D eigenvalue weighted by molar-refractivity contribution is -0.134. The van der Waals surface area contributed by atoms with Gasteiger partial charge in [0.2, 0.25) is 0 Å². The Morgan fingerprint density at radius 2 is 2.14 bits per heavy atom. The van der Waals surface area contributed by atoms with Crippen molar-refractivity contribution in [2.24, 2.45) is 0 Å². The molecule has 1 amide bonds. The molecule has 2 saturated heterocycles. The molecule has 0 bridgehead atoms. The normalized spacial score (nSPS) is 27.3. The molecular formula is C16H24N2O4. The maximum absolute atomic E-state index is 12.5. The van der Waals surface area contributed by atoms with Crippen molar-refractivity contribution in [3.8, 4) is 0 Å². The first-order chi connectivity index (χ1) is 10.6. The highest BCUT2D eigenvalue weighted by Crippen LogP contribution is 2.24. The molecule has 1 atom stereocenters. The average molecular weight is 308 g/mol. The topological polar surface area (TPSA) is 55.2 Å². The first-order valence-electron chi connectivity index (χ1n) is 7.88. The Hall–Kier alpha value is -1.37. The number of hydrogen-bond acceptors (Lipinski definition) is 5. The number of nitrogens with zero attached hydrogens (tertiary/aromatic N) is 2. The van der Waals surface area contributed by atoms with Crippen molar-refractivity contribution in [2.75, 3.05) is 46.0 Å². The predicted molar refractivity (Wildman–Crippen MR) is 80.8 cm³/mol. The van der Waals surface area contributed by atoms with Crippen LogP contribution in [0.15, 0.2) is 22.8 Å². The van der Waals surface area contributed by atoms with Crippen molar-refractivity contribution >= 4 is 5.91 Å². The van der Waals surface area contributed by atoms with Gasteiger partial charge < -0.3 is 18.8 Å². The van der Waals surface area contributed by atoms with Crippen LogP contribution in [-0.2, 0) is 9.47 Å². The van der Waals surface area contributed by atoms with Gasteiger partial charge in [0.1, 0.15) is 5.60 Å². The summed E-state index contributed by atoms with van der Waals surface area (Å²) >= 11 is 0. The van der Waals surface area contributed by atoms with Gasteiger partial charge in [-0.15, -0.1) is 0 Å². The average Bonchev–Trinajstić information content (AvgIpc) is 2.97. The van der Waals surface area contributed by atoms with E-state index in [0.717, 1.165) is 13.1 Å². The van der Waals surface area contributed by atoms with Gasteiger partial charge in [-0.1, -0.05) is 0 Å². The first-order valence-corrected chi connectivity index (χ1v) is 7.88. The third-order valence-corrected chi connectivity index (χ3v) is 4.38. The van der Waals surface area contributed by atoms with Gasteiger partial charge >= 0.3 is 0 Å². The van der Waals surface area contributed by atoms with Crippen molar-refractivity contribution in [1.82, 2.24) is 9.80 Å². The molecule has 1 aromatic heterocycles. The molecule has 6 nitrogen and oxygen atoms in total. The largest absolute Gasteiger partial charge is 0.459 e. The van der Waals surface area contributed by atoms with E-state index in [9.17, 15) is 4.79 Å². The number of morpholine rings is 1. The molecule has 6 heteroatoms. The van der Waals surface area contributed by atoms with Crippen LogP contribution in [0.4, 0.5) is 0 Å². The lowest BCUT2D eigenvalue weighted by Crippen LogP contribution is -2.60. The number of amides is 1. The fourth-order valence-corrected chi connectivity index (χ4v) is 3.13. The molecule has 0 N–H and O–H groups in total. The quantitative estimate of drug-likeness (QED) is 0.822. The number of hydrogen-bond donors (Lipinski definition) is 0. The predicted octanol–water partition coefficient (Wildman–Crippen LogP) is 1.23. The summed E-state index contributed by atoms with van der Waals surface area (Å²) in [5, 5.41) is 0. The van der Waals surface area contributed by atoms with Crippen LogP contribution in [0.3, 0.4) is 0 Å². The van der Waals surface area contributed by atoms with Crippen LogP contribution in [-0.4, -0.2) is 73.3 Å². The fraction of sp³-hybridized carbons (Fsp3) is 0.688. The van der Waals surface area contributed by atoms with Crippen molar-refractivity contribution < 1.29 is 18.7 Å². The van der Waals surface area contributed by atoms with E-state index in [0.29, 0.717) is 44.7 Å². The maximum atomic E-state index is 12.5. The van der Waals surface area contributed by atoms with Crippen LogP contribution >= 0.6 is 0 Å². The zero-order valence-electron chi connectivity index (χ0n) is 13.3. The summed E-state index contributed by atoms with van der Waals surface area (Å²) in [7, 11) is 0. The van der Waals surface area contributed by atoms with Gasteiger partial charge in [-0.3, -0.25) is 9.69 Å². The highest BCUT2D eigenvalue weighted by atomic mass is 16.5. The number of carbonyl (C=O) groups is 1. The van der Waals surface area contributed by atoms with Crippen molar-refractivity contribution in [1.29, 1.82) is 0 Å². The van der Waals surface area contributed by atoms with E-state index < -0.39 is 5.60 Å². The molecule has 22 heavy (non-hydrogen) atoms. The molecule has 122 valence electrons. The SMILES string of the molecule is CC(C)N1CCOC[C@]2(CN(C(=O)c3ccco3)CCO2)C1. The Labute approximate surface area is 131 Å². The number of furan rings is 1. The Kier molecular flexibility index (Phi) is 4.52. The monoisotopic (exact) mass is 308 g/mol. The summed E-state index contributed by atoms with van der Waals surface area (Å²) in [6, 6.07) is 3.87. The van der Waals surface area contributed by atoms with E-state index in [4.69, 9.17) is 13.9 Å². The lowest BCUT2D eigenvalue weighted by Gasteiger charge is -2.43. The molecule has 3 rings (SSSR count). The molecule has 1 spiro atoms. The van der Waals surface area contributed by atoms with Gasteiger partial charge in [-0.2, -0.15) is 0 Å². The summed E-state index contributed by atoms with van der Waals surface area (Å²) in [6.45, 7) is 8.91. The third kappa shape index (κ3) is 3.19. The molecule has 2 fully saturated rings. The van der Waals surface area contributed by atoms with Gasteiger partial charge in [0.15, 0.2) is 5.76 Å². The molecular weight excluding hydrogens is 284 g/mol. The van der Waals surface area contributed by atoms with Crippen molar-refractivity contribution in [3.05, 3.63) is 24.2 Å². The molecule has 0 radical (unpaired) electrons. The minimum Gasteiger partial charge on any atom is -0.459 e. The number of rotatable bonds is 2. The molecule has 0 saturated carbocycles. The first kappa shape index (κ1) is 15.5. The summed E-state index contributed by atoms with van der Waals surface area (Å²) in [4.78, 5) is 16.7. The van der Waals surface area contributed by atoms with Gasteiger partial charge in [-0.25, -0.2) is 0 Å². The summed E-state index contributed by atoms with van der Waals surface area (Å²) in [5.41, 5.74) is -0.443. The molecule has 0 aliphatic carbocycles. The van der Waals surface area contributed by atoms with E-state index in [-0.39, 0.29) is 5.91 Å². The van der Waals surface area contributed by atoms with E-state index in [2.05, 4.69) is 18.7 Å². The van der Waals surface area contributed by atoms with Gasteiger partial charge in [0.25, 0.3) is 5.91 Å². The van der Waals surface area contributed by atoms with Crippen LogP contribution in [0, 0.1) is 0 Å². The van der Waals surface area contributed by atoms with Gasteiger partial charge in [0, 0.05) is 25.7 Å². The number of ether oxygens (including phenoxy) is 2. The summed E-state index contributed by atoms with van der Waals surface area (Å²) in [5.74, 6) is 0.306. The Morgan fingerprint density at radius 1 is 1.27 bits per heavy atom. The minimum atomic E-state index is -0.443. The standard InChI is InChI=1S/C16H24N2O4/c1-13(2)17-5-8-20-12-16(10-17)11-18(6-9-22-16)15(19)14-4-3-7-21-14/h3-4,7,13H,5-6,8-12H2,1-2H3/t16-/m1/s1. The van der Waals surface area contributed by atoms with Crippen molar-refractivity contribution in [2.45, 2.75) is 25.5 Å². The summed E-state index contributed by atoms with van der Waals surface area (Å²) in [6.07, 6.45) is 1.53. The molecule has 3 heterocycles. The number of carbonyl (C=O) groups excluding carboxylic acids is 1. The van der Waals surface area contributed by atoms with E-state index >= 15 is 0 Å². The zero-order valence-corrected chi connectivity index (χ0v) is 13.3. The van der Waals surface area contributed by atoms with Crippen LogP contribution < -0.4 is 0 Å². The van der Waals surface area contributed by atoms with Gasteiger partial charge in [-0.05, 0) is 26.0 Å². The van der Waals surface area contributed by atoms with E-state index in [1.54, 1.807) is 12.1 Å². The zero-order chi connectivity index (χ0) is 15.6. The second-order valence-electron chi connectivity index (χ2n) is 6.35. The highest BCUT2D eigenvalue weighted by molar-refractivity contribution is 5.91. The van der Waals surface area contributed by atoms with Crippen LogP contribution in [0.5, 0.6) is 0 Å². The van der Waals surface area contributed by atoms with Crippen LogP contribution in [0.25, 0.3) is 0 Å². The fourth-order valence-electron chi connectivity index (χ4n) is 3.13. The van der Waals surface area contributed by atoms with Crippen molar-refractivity contribution in [3.63, 3.8) is 0 Å².